The zero-order valence-electron chi connectivity index (χ0n) is 12.2. The first-order valence-electron chi connectivity index (χ1n) is 7.01. The van der Waals surface area contributed by atoms with E-state index < -0.39 is 0 Å². The van der Waals surface area contributed by atoms with Crippen LogP contribution < -0.4 is 5.73 Å². The van der Waals surface area contributed by atoms with Crippen LogP contribution in [-0.4, -0.2) is 41.5 Å². The summed E-state index contributed by atoms with van der Waals surface area (Å²) in [4.78, 5) is 5.05. The Hall–Kier alpha value is -1.50. The van der Waals surface area contributed by atoms with Crippen molar-refractivity contribution in [3.05, 3.63) is 30.1 Å². The second-order valence-corrected chi connectivity index (χ2v) is 5.29. The zero-order valence-corrected chi connectivity index (χ0v) is 13.1. The van der Waals surface area contributed by atoms with Gasteiger partial charge in [-0.25, -0.2) is 4.98 Å². The SMILES string of the molecule is COCCCOCCn1c(CC(N)=S)nc2ccccc21. The highest BCUT2D eigenvalue weighted by atomic mass is 32.1. The molecule has 2 aromatic rings. The molecule has 5 nitrogen and oxygen atoms in total. The number of hydrogen-bond donors (Lipinski definition) is 1. The van der Waals surface area contributed by atoms with Crippen LogP contribution in [0, 0.1) is 0 Å². The van der Waals surface area contributed by atoms with Crippen molar-refractivity contribution in [2.45, 2.75) is 19.4 Å². The molecule has 1 heterocycles. The smallest absolute Gasteiger partial charge is 0.116 e. The highest BCUT2D eigenvalue weighted by molar-refractivity contribution is 7.80. The Labute approximate surface area is 130 Å². The van der Waals surface area contributed by atoms with E-state index in [4.69, 9.17) is 27.4 Å². The number of nitrogens with zero attached hydrogens (tertiary/aromatic N) is 2. The van der Waals surface area contributed by atoms with E-state index in [-0.39, 0.29) is 0 Å². The normalized spacial score (nSPS) is 11.1. The van der Waals surface area contributed by atoms with Crippen molar-refractivity contribution in [1.82, 2.24) is 9.55 Å². The molecule has 0 saturated carbocycles. The fourth-order valence-electron chi connectivity index (χ4n) is 2.23. The molecule has 1 aromatic heterocycles. The number of benzene rings is 1. The molecule has 0 spiro atoms. The Morgan fingerprint density at radius 3 is 2.86 bits per heavy atom. The van der Waals surface area contributed by atoms with E-state index in [1.54, 1.807) is 7.11 Å². The van der Waals surface area contributed by atoms with Crippen molar-refractivity contribution < 1.29 is 9.47 Å². The Morgan fingerprint density at radius 1 is 1.29 bits per heavy atom. The molecule has 114 valence electrons. The van der Waals surface area contributed by atoms with Gasteiger partial charge < -0.3 is 19.8 Å². The van der Waals surface area contributed by atoms with Gasteiger partial charge in [-0.05, 0) is 18.6 Å². The number of fused-ring (bicyclic) bond motifs is 1. The van der Waals surface area contributed by atoms with Crippen molar-refractivity contribution in [3.63, 3.8) is 0 Å². The number of thiocarbonyl (C=S) groups is 1. The second-order valence-electron chi connectivity index (χ2n) is 4.77. The molecular formula is C15H21N3O2S. The standard InChI is InChI=1S/C15H21N3O2S/c1-19-8-4-9-20-10-7-18-13-6-3-2-5-12(13)17-15(18)11-14(16)21/h2-3,5-6H,4,7-11H2,1H3,(H2,16,21). The zero-order chi connectivity index (χ0) is 15.1. The third-order valence-corrected chi connectivity index (χ3v) is 3.31. The Balaban J connectivity index is 2.03. The molecule has 1 aromatic carbocycles. The van der Waals surface area contributed by atoms with Gasteiger partial charge in [0, 0.05) is 26.9 Å². The minimum absolute atomic E-state index is 0.451. The maximum atomic E-state index is 5.66. The monoisotopic (exact) mass is 307 g/mol. The first-order valence-corrected chi connectivity index (χ1v) is 7.42. The van der Waals surface area contributed by atoms with Gasteiger partial charge >= 0.3 is 0 Å². The number of methoxy groups -OCH3 is 1. The molecule has 21 heavy (non-hydrogen) atoms. The van der Waals surface area contributed by atoms with Crippen LogP contribution >= 0.6 is 12.2 Å². The van der Waals surface area contributed by atoms with Crippen molar-refractivity contribution in [1.29, 1.82) is 0 Å². The summed E-state index contributed by atoms with van der Waals surface area (Å²) in [5, 5.41) is 0. The fraction of sp³-hybridized carbons (Fsp3) is 0.467. The van der Waals surface area contributed by atoms with Crippen molar-refractivity contribution >= 4 is 28.2 Å². The Bertz CT molecular complexity index is 598. The summed E-state index contributed by atoms with van der Waals surface area (Å²) in [5.74, 6) is 0.893. The topological polar surface area (TPSA) is 62.3 Å². The van der Waals surface area contributed by atoms with Gasteiger partial charge in [-0.2, -0.15) is 0 Å². The number of rotatable bonds is 9. The molecule has 6 heteroatoms. The number of aromatic nitrogens is 2. The number of hydrogen-bond acceptors (Lipinski definition) is 4. The van der Waals surface area contributed by atoms with E-state index in [9.17, 15) is 0 Å². The van der Waals surface area contributed by atoms with Gasteiger partial charge in [-0.1, -0.05) is 24.4 Å². The van der Waals surface area contributed by atoms with Gasteiger partial charge in [0.15, 0.2) is 0 Å². The van der Waals surface area contributed by atoms with E-state index in [0.29, 0.717) is 24.6 Å². The summed E-state index contributed by atoms with van der Waals surface area (Å²) in [6, 6.07) is 8.03. The highest BCUT2D eigenvalue weighted by Crippen LogP contribution is 2.16. The lowest BCUT2D eigenvalue weighted by atomic mass is 10.3. The molecule has 0 aliphatic heterocycles. The summed E-state index contributed by atoms with van der Waals surface area (Å²) < 4.78 is 12.7. The predicted octanol–water partition coefficient (Wildman–Crippen LogP) is 1.92. The van der Waals surface area contributed by atoms with E-state index in [1.165, 1.54) is 0 Å². The summed E-state index contributed by atoms with van der Waals surface area (Å²) in [6.45, 7) is 2.80. The van der Waals surface area contributed by atoms with Crippen molar-refractivity contribution in [2.75, 3.05) is 26.9 Å². The van der Waals surface area contributed by atoms with Gasteiger partial charge in [0.25, 0.3) is 0 Å². The lowest BCUT2D eigenvalue weighted by Gasteiger charge is -2.09. The Morgan fingerprint density at radius 2 is 2.10 bits per heavy atom. The molecule has 0 atom stereocenters. The van der Waals surface area contributed by atoms with E-state index in [0.717, 1.165) is 36.4 Å². The van der Waals surface area contributed by atoms with Gasteiger partial charge in [0.1, 0.15) is 5.82 Å². The highest BCUT2D eigenvalue weighted by Gasteiger charge is 2.10. The van der Waals surface area contributed by atoms with Crippen LogP contribution in [0.15, 0.2) is 24.3 Å². The van der Waals surface area contributed by atoms with Crippen LogP contribution in [0.25, 0.3) is 11.0 Å². The number of imidazole rings is 1. The van der Waals surface area contributed by atoms with Crippen LogP contribution in [0.2, 0.25) is 0 Å². The van der Waals surface area contributed by atoms with Crippen LogP contribution in [0.5, 0.6) is 0 Å². The third-order valence-electron chi connectivity index (χ3n) is 3.16. The molecule has 0 saturated heterocycles. The van der Waals surface area contributed by atoms with Crippen LogP contribution in [0.4, 0.5) is 0 Å². The lowest BCUT2D eigenvalue weighted by molar-refractivity contribution is 0.0978. The molecule has 0 radical (unpaired) electrons. The molecule has 0 fully saturated rings. The maximum absolute atomic E-state index is 5.66. The quantitative estimate of drug-likeness (QED) is 0.566. The fourth-order valence-corrected chi connectivity index (χ4v) is 2.36. The summed E-state index contributed by atoms with van der Waals surface area (Å²) in [5.41, 5.74) is 7.71. The number of para-hydroxylation sites is 2. The molecule has 0 unspecified atom stereocenters. The van der Waals surface area contributed by atoms with E-state index >= 15 is 0 Å². The molecule has 0 bridgehead atoms. The van der Waals surface area contributed by atoms with Crippen LogP contribution in [-0.2, 0) is 22.4 Å². The van der Waals surface area contributed by atoms with Gasteiger partial charge in [-0.3, -0.25) is 0 Å². The average molecular weight is 307 g/mol. The number of ether oxygens (including phenoxy) is 2. The van der Waals surface area contributed by atoms with Crippen molar-refractivity contribution in [3.8, 4) is 0 Å². The molecule has 2 rings (SSSR count). The van der Waals surface area contributed by atoms with Gasteiger partial charge in [-0.15, -0.1) is 0 Å². The first-order chi connectivity index (χ1) is 10.2. The summed E-state index contributed by atoms with van der Waals surface area (Å²) in [7, 11) is 1.69. The molecule has 0 aliphatic carbocycles. The van der Waals surface area contributed by atoms with E-state index in [1.807, 2.05) is 18.2 Å². The molecule has 2 N–H and O–H groups in total. The molecule has 0 aliphatic rings. The minimum Gasteiger partial charge on any atom is -0.393 e. The molecular weight excluding hydrogens is 286 g/mol. The van der Waals surface area contributed by atoms with Gasteiger partial charge in [0.05, 0.1) is 29.0 Å². The average Bonchev–Trinajstić information content (AvgIpc) is 2.79. The largest absolute Gasteiger partial charge is 0.393 e. The second kappa shape index (κ2) is 8.07. The number of nitrogens with two attached hydrogens (primary N) is 1. The van der Waals surface area contributed by atoms with E-state index in [2.05, 4.69) is 15.6 Å². The van der Waals surface area contributed by atoms with Gasteiger partial charge in [0.2, 0.25) is 0 Å². The van der Waals surface area contributed by atoms with Crippen LogP contribution in [0.3, 0.4) is 0 Å². The summed E-state index contributed by atoms with van der Waals surface area (Å²) >= 11 is 5.00. The predicted molar refractivity (Wildman–Crippen MR) is 87.5 cm³/mol. The minimum atomic E-state index is 0.451. The Kier molecular flexibility index (Phi) is 6.10. The summed E-state index contributed by atoms with van der Waals surface area (Å²) in [6.07, 6.45) is 1.41. The maximum Gasteiger partial charge on any atom is 0.116 e. The first kappa shape index (κ1) is 15.9. The lowest BCUT2D eigenvalue weighted by Crippen LogP contribution is -2.17. The molecule has 0 amide bonds. The van der Waals surface area contributed by atoms with Crippen molar-refractivity contribution in [2.24, 2.45) is 5.73 Å². The van der Waals surface area contributed by atoms with Crippen LogP contribution in [0.1, 0.15) is 12.2 Å². The third kappa shape index (κ3) is 4.49.